The predicted molar refractivity (Wildman–Crippen MR) is 54.7 cm³/mol. The average Bonchev–Trinajstić information content (AvgIpc) is 2.17. The Balaban J connectivity index is 2.29. The van der Waals surface area contributed by atoms with Gasteiger partial charge >= 0.3 is 6.18 Å². The lowest BCUT2D eigenvalue weighted by Crippen LogP contribution is -2.48. The van der Waals surface area contributed by atoms with E-state index >= 15 is 0 Å². The van der Waals surface area contributed by atoms with Crippen molar-refractivity contribution in [3.05, 3.63) is 0 Å². The first-order valence-corrected chi connectivity index (χ1v) is 5.55. The molecule has 6 heteroatoms. The summed E-state index contributed by atoms with van der Waals surface area (Å²) in [6.45, 7) is 1.91. The van der Waals surface area contributed by atoms with Crippen LogP contribution in [-0.4, -0.2) is 18.6 Å². The summed E-state index contributed by atoms with van der Waals surface area (Å²) < 4.78 is 35.5. The molecule has 96 valence electrons. The van der Waals surface area contributed by atoms with Gasteiger partial charge in [-0.05, 0) is 25.2 Å². The maximum absolute atomic E-state index is 11.8. The minimum Gasteiger partial charge on any atom is -0.355 e. The Morgan fingerprint density at radius 1 is 1.53 bits per heavy atom. The molecule has 1 rings (SSSR count). The third-order valence-electron chi connectivity index (χ3n) is 2.97. The second kappa shape index (κ2) is 4.94. The molecule has 17 heavy (non-hydrogen) atoms. The zero-order valence-electron chi connectivity index (χ0n) is 9.60. The molecule has 0 aromatic carbocycles. The number of halogens is 3. The highest BCUT2D eigenvalue weighted by Gasteiger charge is 2.48. The molecule has 0 aliphatic heterocycles. The lowest BCUT2D eigenvalue weighted by atomic mass is 9.63. The summed E-state index contributed by atoms with van der Waals surface area (Å²) in [5.41, 5.74) is -1.00. The quantitative estimate of drug-likeness (QED) is 0.776. The molecule has 1 saturated carbocycles. The Labute approximate surface area is 98.0 Å². The molecule has 0 saturated heterocycles. The molecule has 0 radical (unpaired) electrons. The molecule has 0 aromatic heterocycles. The maximum Gasteiger partial charge on any atom is 0.389 e. The average molecular weight is 248 g/mol. The van der Waals surface area contributed by atoms with E-state index in [0.29, 0.717) is 18.8 Å². The van der Waals surface area contributed by atoms with Crippen molar-refractivity contribution < 1.29 is 18.0 Å². The van der Waals surface area contributed by atoms with Crippen LogP contribution in [-0.2, 0) is 4.79 Å². The van der Waals surface area contributed by atoms with E-state index in [1.165, 1.54) is 0 Å². The van der Waals surface area contributed by atoms with Gasteiger partial charge < -0.3 is 5.32 Å². The van der Waals surface area contributed by atoms with Crippen LogP contribution in [0.3, 0.4) is 0 Å². The van der Waals surface area contributed by atoms with Crippen LogP contribution >= 0.6 is 0 Å². The van der Waals surface area contributed by atoms with Gasteiger partial charge in [0.25, 0.3) is 0 Å². The van der Waals surface area contributed by atoms with Crippen LogP contribution in [0.25, 0.3) is 0 Å². The molecule has 1 N–H and O–H groups in total. The molecule has 0 bridgehead atoms. The molecule has 0 unspecified atom stereocenters. The fraction of sp³-hybridized carbons (Fsp3) is 0.818. The van der Waals surface area contributed by atoms with Crippen LogP contribution in [0.4, 0.5) is 13.2 Å². The molecule has 0 spiro atoms. The van der Waals surface area contributed by atoms with Gasteiger partial charge in [-0.25, -0.2) is 0 Å². The van der Waals surface area contributed by atoms with E-state index in [0.717, 1.165) is 0 Å². The maximum atomic E-state index is 11.8. The third-order valence-corrected chi connectivity index (χ3v) is 2.97. The molecular formula is C11H15F3N2O. The zero-order valence-corrected chi connectivity index (χ0v) is 9.60. The number of rotatable bonds is 4. The van der Waals surface area contributed by atoms with Gasteiger partial charge in [0.2, 0.25) is 5.91 Å². The van der Waals surface area contributed by atoms with E-state index in [1.54, 1.807) is 0 Å². The van der Waals surface area contributed by atoms with Crippen molar-refractivity contribution in [2.24, 2.45) is 11.3 Å². The summed E-state index contributed by atoms with van der Waals surface area (Å²) in [4.78, 5) is 11.6. The second-order valence-electron chi connectivity index (χ2n) is 4.68. The molecule has 1 fully saturated rings. The summed E-state index contributed by atoms with van der Waals surface area (Å²) in [5.74, 6) is -0.101. The normalized spacial score (nSPS) is 28.1. The Bertz CT molecular complexity index is 327. The Morgan fingerprint density at radius 3 is 2.53 bits per heavy atom. The first kappa shape index (κ1) is 13.8. The van der Waals surface area contributed by atoms with Crippen LogP contribution in [0.15, 0.2) is 0 Å². The van der Waals surface area contributed by atoms with Gasteiger partial charge in [0.1, 0.15) is 5.41 Å². The largest absolute Gasteiger partial charge is 0.389 e. The molecule has 0 atom stereocenters. The fourth-order valence-corrected chi connectivity index (χ4v) is 2.12. The number of hydrogen-bond donors (Lipinski definition) is 1. The first-order chi connectivity index (χ1) is 7.79. The molecule has 1 aliphatic carbocycles. The lowest BCUT2D eigenvalue weighted by molar-refractivity contribution is -0.138. The predicted octanol–water partition coefficient (Wildman–Crippen LogP) is 2.38. The highest BCUT2D eigenvalue weighted by Crippen LogP contribution is 2.45. The van der Waals surface area contributed by atoms with E-state index in [9.17, 15) is 18.0 Å². The molecular weight excluding hydrogens is 233 g/mol. The lowest BCUT2D eigenvalue weighted by Gasteiger charge is -2.39. The number of amides is 1. The number of carbonyl (C=O) groups is 1. The number of hydrogen-bond acceptors (Lipinski definition) is 2. The van der Waals surface area contributed by atoms with Crippen LogP contribution in [0, 0.1) is 22.7 Å². The summed E-state index contributed by atoms with van der Waals surface area (Å²) >= 11 is 0. The van der Waals surface area contributed by atoms with Crippen LogP contribution in [0.2, 0.25) is 0 Å². The van der Waals surface area contributed by atoms with Crippen LogP contribution in [0.5, 0.6) is 0 Å². The molecule has 1 amide bonds. The van der Waals surface area contributed by atoms with E-state index in [1.807, 2.05) is 13.0 Å². The van der Waals surface area contributed by atoms with Gasteiger partial charge in [-0.2, -0.15) is 18.4 Å². The number of nitrogens with one attached hydrogen (secondary N) is 1. The number of alkyl halides is 3. The van der Waals surface area contributed by atoms with E-state index in [4.69, 9.17) is 5.26 Å². The standard InChI is InChI=1S/C11H15F3N2O/c1-8-5-10(6-8,7-15)9(17)16-4-2-3-11(12,13)14/h8H,2-6H2,1H3,(H,16,17). The van der Waals surface area contributed by atoms with Crippen molar-refractivity contribution in [3.8, 4) is 6.07 Å². The number of nitrogens with zero attached hydrogens (tertiary/aromatic N) is 1. The Hall–Kier alpha value is -1.25. The summed E-state index contributed by atoms with van der Waals surface area (Å²) in [6.07, 6.45) is -4.26. The first-order valence-electron chi connectivity index (χ1n) is 5.55. The SMILES string of the molecule is CC1CC(C#N)(C(=O)NCCCC(F)(F)F)C1. The van der Waals surface area contributed by atoms with Crippen molar-refractivity contribution in [2.45, 2.75) is 38.8 Å². The molecule has 3 nitrogen and oxygen atoms in total. The molecule has 0 aromatic rings. The molecule has 1 aliphatic rings. The van der Waals surface area contributed by atoms with Crippen molar-refractivity contribution in [3.63, 3.8) is 0 Å². The van der Waals surface area contributed by atoms with Crippen molar-refractivity contribution >= 4 is 5.91 Å². The zero-order chi connectivity index (χ0) is 13.1. The topological polar surface area (TPSA) is 52.9 Å². The monoisotopic (exact) mass is 248 g/mol. The van der Waals surface area contributed by atoms with Gasteiger partial charge in [0.05, 0.1) is 6.07 Å². The van der Waals surface area contributed by atoms with Crippen molar-refractivity contribution in [1.29, 1.82) is 5.26 Å². The van der Waals surface area contributed by atoms with Gasteiger partial charge in [-0.1, -0.05) is 6.92 Å². The van der Waals surface area contributed by atoms with Crippen molar-refractivity contribution in [1.82, 2.24) is 5.32 Å². The summed E-state index contributed by atoms with van der Waals surface area (Å²) in [7, 11) is 0. The van der Waals surface area contributed by atoms with Gasteiger partial charge in [-0.3, -0.25) is 4.79 Å². The minimum atomic E-state index is -4.19. The van der Waals surface area contributed by atoms with Gasteiger partial charge in [0, 0.05) is 13.0 Å². The van der Waals surface area contributed by atoms with E-state index in [-0.39, 0.29) is 13.0 Å². The van der Waals surface area contributed by atoms with Gasteiger partial charge in [0.15, 0.2) is 0 Å². The third kappa shape index (κ3) is 3.62. The smallest absolute Gasteiger partial charge is 0.355 e. The Morgan fingerprint density at radius 2 is 2.12 bits per heavy atom. The number of nitriles is 1. The van der Waals surface area contributed by atoms with Crippen LogP contribution in [0.1, 0.15) is 32.6 Å². The number of carbonyl (C=O) groups excluding carboxylic acids is 1. The second-order valence-corrected chi connectivity index (χ2v) is 4.68. The summed E-state index contributed by atoms with van der Waals surface area (Å²) in [6, 6.07) is 1.97. The van der Waals surface area contributed by atoms with Crippen molar-refractivity contribution in [2.75, 3.05) is 6.54 Å². The minimum absolute atomic E-state index is 0.0316. The highest BCUT2D eigenvalue weighted by atomic mass is 19.4. The molecule has 0 heterocycles. The summed E-state index contributed by atoms with van der Waals surface area (Å²) in [5, 5.41) is 11.3. The fourth-order valence-electron chi connectivity index (χ4n) is 2.12. The van der Waals surface area contributed by atoms with E-state index in [2.05, 4.69) is 5.32 Å². The van der Waals surface area contributed by atoms with Crippen LogP contribution < -0.4 is 5.32 Å². The Kier molecular flexibility index (Phi) is 4.02. The van der Waals surface area contributed by atoms with E-state index < -0.39 is 23.9 Å². The highest BCUT2D eigenvalue weighted by molar-refractivity contribution is 5.86. The van der Waals surface area contributed by atoms with Gasteiger partial charge in [-0.15, -0.1) is 0 Å².